The Hall–Kier alpha value is -2.55. The van der Waals surface area contributed by atoms with Crippen molar-refractivity contribution in [3.63, 3.8) is 0 Å². The first-order valence-electron chi connectivity index (χ1n) is 8.25. The van der Waals surface area contributed by atoms with E-state index in [1.165, 1.54) is 0 Å². The maximum Gasteiger partial charge on any atom is 0.190 e. The highest BCUT2D eigenvalue weighted by Gasteiger charge is 2.39. The molecule has 3 nitrogen and oxygen atoms in total. The maximum absolute atomic E-state index is 13.0. The minimum Gasteiger partial charge on any atom is -0.289 e. The van der Waals surface area contributed by atoms with Crippen molar-refractivity contribution in [1.82, 2.24) is 0 Å². The first-order chi connectivity index (χ1) is 11.5. The number of Topliss-reactive ketones (excluding diaryl/α,β-unsaturated/α-hetero) is 2. The lowest BCUT2D eigenvalue weighted by molar-refractivity contribution is 0.0968. The summed E-state index contributed by atoms with van der Waals surface area (Å²) in [5.41, 5.74) is 4.20. The number of hydrogen-bond acceptors (Lipinski definition) is 3. The molecular weight excluding hydrogens is 298 g/mol. The van der Waals surface area contributed by atoms with Crippen LogP contribution in [-0.4, -0.2) is 18.3 Å². The van der Waals surface area contributed by atoms with E-state index in [4.69, 9.17) is 0 Å². The second-order valence-corrected chi connectivity index (χ2v) is 6.61. The highest BCUT2D eigenvalue weighted by atomic mass is 16.1. The fourth-order valence-electron chi connectivity index (χ4n) is 3.04. The molecule has 0 aliphatic heterocycles. The lowest BCUT2D eigenvalue weighted by Gasteiger charge is -2.21. The van der Waals surface area contributed by atoms with Gasteiger partial charge in [-0.05, 0) is 45.4 Å². The smallest absolute Gasteiger partial charge is 0.190 e. The average Bonchev–Trinajstić information content (AvgIpc) is 3.40. The molecule has 0 spiro atoms. The summed E-state index contributed by atoms with van der Waals surface area (Å²) >= 11 is 0. The van der Waals surface area contributed by atoms with Crippen molar-refractivity contribution >= 4 is 18.3 Å². The second kappa shape index (κ2) is 6.52. The SMILES string of the molecule is C=N/C(=C\C=C(C)C)CC1=C(C2CC2)C(=O)c2ccccc2C1=O. The van der Waals surface area contributed by atoms with Crippen molar-refractivity contribution in [2.24, 2.45) is 10.9 Å². The number of rotatable bonds is 5. The molecule has 3 heteroatoms. The van der Waals surface area contributed by atoms with Crippen molar-refractivity contribution in [3.05, 3.63) is 70.0 Å². The van der Waals surface area contributed by atoms with Crippen LogP contribution in [0.4, 0.5) is 0 Å². The summed E-state index contributed by atoms with van der Waals surface area (Å²) in [5.74, 6) is 0.187. The van der Waals surface area contributed by atoms with Gasteiger partial charge in [-0.25, -0.2) is 0 Å². The number of benzene rings is 1. The number of carbonyl (C=O) groups excluding carboxylic acids is 2. The Balaban J connectivity index is 2.06. The minimum atomic E-state index is -0.0427. The van der Waals surface area contributed by atoms with Crippen LogP contribution in [0.25, 0.3) is 0 Å². The van der Waals surface area contributed by atoms with Gasteiger partial charge in [-0.15, -0.1) is 0 Å². The predicted molar refractivity (Wildman–Crippen MR) is 96.5 cm³/mol. The number of fused-ring (bicyclic) bond motifs is 1. The summed E-state index contributed by atoms with van der Waals surface area (Å²) in [5, 5.41) is 0. The van der Waals surface area contributed by atoms with Crippen LogP contribution >= 0.6 is 0 Å². The summed E-state index contributed by atoms with van der Waals surface area (Å²) in [4.78, 5) is 29.9. The maximum atomic E-state index is 13.0. The van der Waals surface area contributed by atoms with Gasteiger partial charge in [-0.3, -0.25) is 14.6 Å². The van der Waals surface area contributed by atoms with Crippen molar-refractivity contribution in [2.75, 3.05) is 0 Å². The Morgan fingerprint density at radius 2 is 1.75 bits per heavy atom. The monoisotopic (exact) mass is 319 g/mol. The normalized spacial score (nSPS) is 17.7. The first-order valence-corrected chi connectivity index (χ1v) is 8.25. The van der Waals surface area contributed by atoms with Crippen molar-refractivity contribution in [3.8, 4) is 0 Å². The van der Waals surface area contributed by atoms with E-state index in [9.17, 15) is 9.59 Å². The standard InChI is InChI=1S/C21H21NO2/c1-13(2)8-11-15(22-3)12-18-19(14-9-10-14)21(24)17-7-5-4-6-16(17)20(18)23/h4-8,11,14H,3,9-10,12H2,1-2H3/b15-11-. The van der Waals surface area contributed by atoms with E-state index in [0.29, 0.717) is 34.4 Å². The molecule has 2 aliphatic rings. The fraction of sp³-hybridized carbons (Fsp3) is 0.286. The van der Waals surface area contributed by atoms with Crippen LogP contribution in [0, 0.1) is 5.92 Å². The molecule has 0 amide bonds. The number of nitrogens with zero attached hydrogens (tertiary/aromatic N) is 1. The molecule has 1 fully saturated rings. The third-order valence-electron chi connectivity index (χ3n) is 4.42. The molecule has 0 saturated heterocycles. The number of carbonyl (C=O) groups is 2. The van der Waals surface area contributed by atoms with E-state index >= 15 is 0 Å². The van der Waals surface area contributed by atoms with Gasteiger partial charge in [0.15, 0.2) is 11.6 Å². The van der Waals surface area contributed by atoms with Crippen LogP contribution in [0.5, 0.6) is 0 Å². The summed E-state index contributed by atoms with van der Waals surface area (Å²) in [6.45, 7) is 7.61. The minimum absolute atomic E-state index is 0.00771. The molecule has 122 valence electrons. The second-order valence-electron chi connectivity index (χ2n) is 6.61. The quantitative estimate of drug-likeness (QED) is 0.582. The van der Waals surface area contributed by atoms with Gasteiger partial charge in [0.25, 0.3) is 0 Å². The number of allylic oxidation sites excluding steroid dienone is 5. The van der Waals surface area contributed by atoms with Crippen molar-refractivity contribution < 1.29 is 9.59 Å². The summed E-state index contributed by atoms with van der Waals surface area (Å²) in [6, 6.07) is 7.10. The van der Waals surface area contributed by atoms with Crippen LogP contribution in [0.2, 0.25) is 0 Å². The number of aliphatic imine (C=N–C) groups is 1. The third-order valence-corrected chi connectivity index (χ3v) is 4.42. The van der Waals surface area contributed by atoms with E-state index in [2.05, 4.69) is 11.7 Å². The summed E-state index contributed by atoms with van der Waals surface area (Å²) in [7, 11) is 0. The average molecular weight is 319 g/mol. The highest BCUT2D eigenvalue weighted by Crippen LogP contribution is 2.44. The molecule has 24 heavy (non-hydrogen) atoms. The number of hydrogen-bond donors (Lipinski definition) is 0. The molecule has 3 rings (SSSR count). The zero-order chi connectivity index (χ0) is 17.3. The molecular formula is C21H21NO2. The topological polar surface area (TPSA) is 46.5 Å². The molecule has 2 aliphatic carbocycles. The van der Waals surface area contributed by atoms with Gasteiger partial charge < -0.3 is 0 Å². The molecule has 1 aromatic carbocycles. The van der Waals surface area contributed by atoms with Gasteiger partial charge in [0.1, 0.15) is 0 Å². The molecule has 0 N–H and O–H groups in total. The largest absolute Gasteiger partial charge is 0.289 e. The van der Waals surface area contributed by atoms with Crippen LogP contribution in [0.15, 0.2) is 63.8 Å². The van der Waals surface area contributed by atoms with Crippen molar-refractivity contribution in [2.45, 2.75) is 33.1 Å². The molecule has 1 saturated carbocycles. The van der Waals surface area contributed by atoms with Gasteiger partial charge in [0, 0.05) is 34.4 Å². The van der Waals surface area contributed by atoms with E-state index in [1.807, 2.05) is 32.1 Å². The lowest BCUT2D eigenvalue weighted by Crippen LogP contribution is -2.23. The Labute approximate surface area is 142 Å². The molecule has 0 radical (unpaired) electrons. The first kappa shape index (κ1) is 16.3. The zero-order valence-electron chi connectivity index (χ0n) is 14.1. The van der Waals surface area contributed by atoms with E-state index in [1.54, 1.807) is 18.2 Å². The predicted octanol–water partition coefficient (Wildman–Crippen LogP) is 4.71. The molecule has 0 heterocycles. The Morgan fingerprint density at radius 1 is 1.12 bits per heavy atom. The highest BCUT2D eigenvalue weighted by molar-refractivity contribution is 6.27. The fourth-order valence-corrected chi connectivity index (χ4v) is 3.04. The lowest BCUT2D eigenvalue weighted by atomic mass is 9.80. The molecule has 1 aromatic rings. The van der Waals surface area contributed by atoms with Crippen LogP contribution in [-0.2, 0) is 0 Å². The Morgan fingerprint density at radius 3 is 2.29 bits per heavy atom. The molecule has 0 atom stereocenters. The van der Waals surface area contributed by atoms with Crippen LogP contribution < -0.4 is 0 Å². The van der Waals surface area contributed by atoms with E-state index in [-0.39, 0.29) is 17.5 Å². The van der Waals surface area contributed by atoms with Gasteiger partial charge >= 0.3 is 0 Å². The summed E-state index contributed by atoms with van der Waals surface area (Å²) < 4.78 is 0. The third kappa shape index (κ3) is 3.07. The van der Waals surface area contributed by atoms with Gasteiger partial charge in [-0.1, -0.05) is 35.9 Å². The van der Waals surface area contributed by atoms with Crippen molar-refractivity contribution in [1.29, 1.82) is 0 Å². The number of ketones is 2. The van der Waals surface area contributed by atoms with Crippen LogP contribution in [0.3, 0.4) is 0 Å². The zero-order valence-corrected chi connectivity index (χ0v) is 14.1. The molecule has 0 unspecified atom stereocenters. The Bertz CT molecular complexity index is 816. The van der Waals surface area contributed by atoms with Gasteiger partial charge in [-0.2, -0.15) is 0 Å². The van der Waals surface area contributed by atoms with E-state index in [0.717, 1.165) is 18.4 Å². The molecule has 0 bridgehead atoms. The van der Waals surface area contributed by atoms with Gasteiger partial charge in [0.2, 0.25) is 0 Å². The molecule has 0 aromatic heterocycles. The Kier molecular flexibility index (Phi) is 4.43. The van der Waals surface area contributed by atoms with Gasteiger partial charge in [0.05, 0.1) is 0 Å². The van der Waals surface area contributed by atoms with E-state index < -0.39 is 0 Å². The van der Waals surface area contributed by atoms with Crippen LogP contribution in [0.1, 0.15) is 53.8 Å². The summed E-state index contributed by atoms with van der Waals surface area (Å²) in [6.07, 6.45) is 6.14.